The molecule has 0 spiro atoms. The first-order valence-electron chi connectivity index (χ1n) is 7.00. The monoisotopic (exact) mass is 260 g/mol. The van der Waals surface area contributed by atoms with E-state index in [1.54, 1.807) is 0 Å². The van der Waals surface area contributed by atoms with Gasteiger partial charge in [-0.1, -0.05) is 19.1 Å². The van der Waals surface area contributed by atoms with Gasteiger partial charge < -0.3 is 15.0 Å². The first-order valence-corrected chi connectivity index (χ1v) is 7.00. The molecule has 0 radical (unpaired) electrons. The van der Waals surface area contributed by atoms with E-state index in [0.29, 0.717) is 0 Å². The minimum Gasteiger partial charge on any atom is -0.390 e. The summed E-state index contributed by atoms with van der Waals surface area (Å²) in [5.74, 6) is 0. The average molecular weight is 260 g/mol. The van der Waals surface area contributed by atoms with E-state index < -0.39 is 5.60 Å². The van der Waals surface area contributed by atoms with Crippen LogP contribution in [0.15, 0.2) is 30.5 Å². The van der Waals surface area contributed by atoms with Gasteiger partial charge in [0, 0.05) is 24.8 Å². The van der Waals surface area contributed by atoms with Gasteiger partial charge in [0.1, 0.15) is 0 Å². The molecular formula is C16H24N2O. The van der Waals surface area contributed by atoms with Crippen LogP contribution in [0.4, 0.5) is 0 Å². The standard InChI is InChI=1S/C16H24N2O/c1-4-17-12-13-5-6-14-7-9-18(15(14)11-13)10-8-16(2,3)19/h5-7,9,11,17,19H,4,8,10,12H2,1-3H3. The third-order valence-corrected chi connectivity index (χ3v) is 3.38. The van der Waals surface area contributed by atoms with Crippen molar-refractivity contribution < 1.29 is 5.11 Å². The predicted molar refractivity (Wildman–Crippen MR) is 80.2 cm³/mol. The molecule has 3 nitrogen and oxygen atoms in total. The molecular weight excluding hydrogens is 236 g/mol. The number of nitrogens with zero attached hydrogens (tertiary/aromatic N) is 1. The minimum absolute atomic E-state index is 0.613. The summed E-state index contributed by atoms with van der Waals surface area (Å²) < 4.78 is 2.22. The second-order valence-corrected chi connectivity index (χ2v) is 5.75. The molecule has 3 heteroatoms. The zero-order chi connectivity index (χ0) is 13.9. The average Bonchev–Trinajstić information content (AvgIpc) is 2.75. The van der Waals surface area contributed by atoms with E-state index in [1.165, 1.54) is 16.5 Å². The summed E-state index contributed by atoms with van der Waals surface area (Å²) in [7, 11) is 0. The van der Waals surface area contributed by atoms with Gasteiger partial charge in [0.05, 0.1) is 5.60 Å². The molecule has 2 rings (SSSR count). The summed E-state index contributed by atoms with van der Waals surface area (Å²) >= 11 is 0. The number of fused-ring (bicyclic) bond motifs is 1. The Labute approximate surface area is 115 Å². The van der Waals surface area contributed by atoms with Crippen molar-refractivity contribution in [2.45, 2.75) is 45.9 Å². The van der Waals surface area contributed by atoms with Crippen molar-refractivity contribution in [2.75, 3.05) is 6.54 Å². The quantitative estimate of drug-likeness (QED) is 0.838. The first-order chi connectivity index (χ1) is 8.99. The molecule has 0 bridgehead atoms. The Hall–Kier alpha value is -1.32. The first kappa shape index (κ1) is 14.1. The zero-order valence-electron chi connectivity index (χ0n) is 12.1. The van der Waals surface area contributed by atoms with Crippen LogP contribution in [0.3, 0.4) is 0 Å². The molecule has 2 N–H and O–H groups in total. The van der Waals surface area contributed by atoms with Gasteiger partial charge in [0.25, 0.3) is 0 Å². The Morgan fingerprint density at radius 2 is 2.05 bits per heavy atom. The molecule has 0 aliphatic heterocycles. The molecule has 0 aliphatic rings. The third-order valence-electron chi connectivity index (χ3n) is 3.38. The summed E-state index contributed by atoms with van der Waals surface area (Å²) in [5, 5.41) is 14.4. The minimum atomic E-state index is -0.613. The SMILES string of the molecule is CCNCc1ccc2ccn(CCC(C)(C)O)c2c1. The number of nitrogens with one attached hydrogen (secondary N) is 1. The molecule has 0 atom stereocenters. The molecule has 2 aromatic rings. The van der Waals surface area contributed by atoms with Gasteiger partial charge in [0.2, 0.25) is 0 Å². The molecule has 0 fully saturated rings. The van der Waals surface area contributed by atoms with Crippen molar-refractivity contribution in [1.82, 2.24) is 9.88 Å². The number of hydrogen-bond acceptors (Lipinski definition) is 2. The fraction of sp³-hybridized carbons (Fsp3) is 0.500. The maximum Gasteiger partial charge on any atom is 0.0608 e. The molecule has 0 saturated carbocycles. The van der Waals surface area contributed by atoms with Gasteiger partial charge in [-0.15, -0.1) is 0 Å². The Morgan fingerprint density at radius 3 is 2.74 bits per heavy atom. The van der Waals surface area contributed by atoms with Crippen molar-refractivity contribution in [1.29, 1.82) is 0 Å². The Balaban J connectivity index is 2.19. The van der Waals surface area contributed by atoms with E-state index in [4.69, 9.17) is 0 Å². The molecule has 1 heterocycles. The van der Waals surface area contributed by atoms with Gasteiger partial charge >= 0.3 is 0 Å². The largest absolute Gasteiger partial charge is 0.390 e. The zero-order valence-corrected chi connectivity index (χ0v) is 12.1. The molecule has 1 aromatic heterocycles. The van der Waals surface area contributed by atoms with Crippen molar-refractivity contribution in [3.63, 3.8) is 0 Å². The predicted octanol–water partition coefficient (Wildman–Crippen LogP) is 2.91. The summed E-state index contributed by atoms with van der Waals surface area (Å²) in [4.78, 5) is 0. The Morgan fingerprint density at radius 1 is 1.26 bits per heavy atom. The Bertz CT molecular complexity index is 537. The fourth-order valence-corrected chi connectivity index (χ4v) is 2.20. The molecule has 0 saturated heterocycles. The van der Waals surface area contributed by atoms with E-state index in [9.17, 15) is 5.11 Å². The highest BCUT2D eigenvalue weighted by Crippen LogP contribution is 2.19. The van der Waals surface area contributed by atoms with E-state index in [0.717, 1.165) is 26.1 Å². The van der Waals surface area contributed by atoms with Crippen molar-refractivity contribution >= 4 is 10.9 Å². The van der Waals surface area contributed by atoms with Gasteiger partial charge in [0.15, 0.2) is 0 Å². The van der Waals surface area contributed by atoms with E-state index in [1.807, 2.05) is 13.8 Å². The van der Waals surface area contributed by atoms with E-state index >= 15 is 0 Å². The van der Waals surface area contributed by atoms with Crippen LogP contribution in [0, 0.1) is 0 Å². The van der Waals surface area contributed by atoms with Gasteiger partial charge in [-0.3, -0.25) is 0 Å². The van der Waals surface area contributed by atoms with Crippen LogP contribution in [-0.2, 0) is 13.1 Å². The summed E-state index contributed by atoms with van der Waals surface area (Å²) in [6.45, 7) is 8.56. The van der Waals surface area contributed by atoms with Crippen molar-refractivity contribution in [3.05, 3.63) is 36.0 Å². The number of aliphatic hydroxyl groups is 1. The smallest absolute Gasteiger partial charge is 0.0608 e. The lowest BCUT2D eigenvalue weighted by atomic mass is 10.1. The molecule has 0 amide bonds. The number of hydrogen-bond donors (Lipinski definition) is 2. The van der Waals surface area contributed by atoms with E-state index in [-0.39, 0.29) is 0 Å². The normalized spacial score (nSPS) is 12.2. The lowest BCUT2D eigenvalue weighted by Crippen LogP contribution is -2.20. The van der Waals surface area contributed by atoms with Crippen LogP contribution >= 0.6 is 0 Å². The second kappa shape index (κ2) is 5.76. The van der Waals surface area contributed by atoms with Crippen molar-refractivity contribution in [2.24, 2.45) is 0 Å². The van der Waals surface area contributed by atoms with Crippen LogP contribution < -0.4 is 5.32 Å². The van der Waals surface area contributed by atoms with Crippen LogP contribution in [-0.4, -0.2) is 21.8 Å². The highest BCUT2D eigenvalue weighted by molar-refractivity contribution is 5.80. The summed E-state index contributed by atoms with van der Waals surface area (Å²) in [5.41, 5.74) is 1.94. The van der Waals surface area contributed by atoms with Gasteiger partial charge in [-0.05, 0) is 49.9 Å². The molecule has 104 valence electrons. The van der Waals surface area contributed by atoms with E-state index in [2.05, 4.69) is 47.3 Å². The number of rotatable bonds is 6. The highest BCUT2D eigenvalue weighted by Gasteiger charge is 2.12. The number of benzene rings is 1. The van der Waals surface area contributed by atoms with Crippen LogP contribution in [0.1, 0.15) is 32.8 Å². The molecule has 0 unspecified atom stereocenters. The van der Waals surface area contributed by atoms with Gasteiger partial charge in [-0.2, -0.15) is 0 Å². The second-order valence-electron chi connectivity index (χ2n) is 5.75. The summed E-state index contributed by atoms with van der Waals surface area (Å²) in [6.07, 6.45) is 2.86. The Kier molecular flexibility index (Phi) is 4.27. The van der Waals surface area contributed by atoms with Crippen LogP contribution in [0.2, 0.25) is 0 Å². The van der Waals surface area contributed by atoms with Crippen LogP contribution in [0.5, 0.6) is 0 Å². The molecule has 19 heavy (non-hydrogen) atoms. The molecule has 0 aliphatic carbocycles. The maximum absolute atomic E-state index is 9.84. The molecule has 1 aromatic carbocycles. The summed E-state index contributed by atoms with van der Waals surface area (Å²) in [6, 6.07) is 8.72. The topological polar surface area (TPSA) is 37.2 Å². The number of aryl methyl sites for hydroxylation is 1. The van der Waals surface area contributed by atoms with Crippen LogP contribution in [0.25, 0.3) is 10.9 Å². The lowest BCUT2D eigenvalue weighted by molar-refractivity contribution is 0.0666. The van der Waals surface area contributed by atoms with Crippen molar-refractivity contribution in [3.8, 4) is 0 Å². The highest BCUT2D eigenvalue weighted by atomic mass is 16.3. The maximum atomic E-state index is 9.84. The fourth-order valence-electron chi connectivity index (χ4n) is 2.20. The lowest BCUT2D eigenvalue weighted by Gasteiger charge is -2.17. The van der Waals surface area contributed by atoms with Gasteiger partial charge in [-0.25, -0.2) is 0 Å². The third kappa shape index (κ3) is 3.82. The number of aromatic nitrogens is 1.